The Balaban J connectivity index is 1.79. The van der Waals surface area contributed by atoms with Crippen LogP contribution in [0, 0.1) is 3.57 Å². The van der Waals surface area contributed by atoms with Gasteiger partial charge in [-0.25, -0.2) is 5.43 Å². The van der Waals surface area contributed by atoms with Crippen LogP contribution >= 0.6 is 46.0 Å². The SMILES string of the molecule is CC(=NNC(=O)CSCc1ccccc1Cl)c1ccc(I)cc1. The predicted molar refractivity (Wildman–Crippen MR) is 107 cm³/mol. The maximum atomic E-state index is 11.8. The van der Waals surface area contributed by atoms with Gasteiger partial charge in [-0.2, -0.15) is 5.10 Å². The first kappa shape index (κ1) is 18.3. The van der Waals surface area contributed by atoms with Crippen molar-refractivity contribution in [1.29, 1.82) is 0 Å². The molecule has 0 aliphatic carbocycles. The number of nitrogens with zero attached hydrogens (tertiary/aromatic N) is 1. The average molecular weight is 459 g/mol. The van der Waals surface area contributed by atoms with E-state index in [0.29, 0.717) is 11.5 Å². The third-order valence-electron chi connectivity index (χ3n) is 3.06. The summed E-state index contributed by atoms with van der Waals surface area (Å²) in [7, 11) is 0. The highest BCUT2D eigenvalue weighted by Crippen LogP contribution is 2.20. The summed E-state index contributed by atoms with van der Waals surface area (Å²) in [6.45, 7) is 1.87. The smallest absolute Gasteiger partial charge is 0.250 e. The fraction of sp³-hybridized carbons (Fsp3) is 0.176. The van der Waals surface area contributed by atoms with Crippen LogP contribution in [0.15, 0.2) is 53.6 Å². The van der Waals surface area contributed by atoms with E-state index in [9.17, 15) is 4.79 Å². The molecule has 0 saturated heterocycles. The lowest BCUT2D eigenvalue weighted by molar-refractivity contribution is -0.118. The second-order valence-electron chi connectivity index (χ2n) is 4.82. The van der Waals surface area contributed by atoms with Crippen LogP contribution in [0.4, 0.5) is 0 Å². The van der Waals surface area contributed by atoms with Crippen LogP contribution in [-0.2, 0) is 10.5 Å². The number of hydrazone groups is 1. The molecule has 1 amide bonds. The summed E-state index contributed by atoms with van der Waals surface area (Å²) in [4.78, 5) is 11.8. The van der Waals surface area contributed by atoms with Gasteiger partial charge in [-0.15, -0.1) is 11.8 Å². The van der Waals surface area contributed by atoms with Gasteiger partial charge in [-0.05, 0) is 58.8 Å². The van der Waals surface area contributed by atoms with Gasteiger partial charge in [0.1, 0.15) is 0 Å². The highest BCUT2D eigenvalue weighted by molar-refractivity contribution is 14.1. The minimum absolute atomic E-state index is 0.119. The summed E-state index contributed by atoms with van der Waals surface area (Å²) >= 11 is 9.85. The van der Waals surface area contributed by atoms with Gasteiger partial charge in [0, 0.05) is 14.3 Å². The first-order valence-corrected chi connectivity index (χ1v) is 9.57. The van der Waals surface area contributed by atoms with Crippen molar-refractivity contribution in [2.45, 2.75) is 12.7 Å². The second-order valence-corrected chi connectivity index (χ2v) is 7.46. The number of hydrogen-bond acceptors (Lipinski definition) is 3. The minimum Gasteiger partial charge on any atom is -0.272 e. The van der Waals surface area contributed by atoms with Crippen molar-refractivity contribution in [3.8, 4) is 0 Å². The number of rotatable bonds is 6. The summed E-state index contributed by atoms with van der Waals surface area (Å²) in [5.74, 6) is 0.925. The van der Waals surface area contributed by atoms with Gasteiger partial charge < -0.3 is 0 Å². The van der Waals surface area contributed by atoms with Crippen molar-refractivity contribution in [2.24, 2.45) is 5.10 Å². The molecule has 2 aromatic rings. The van der Waals surface area contributed by atoms with E-state index >= 15 is 0 Å². The molecular weight excluding hydrogens is 443 g/mol. The Morgan fingerprint density at radius 2 is 1.91 bits per heavy atom. The summed E-state index contributed by atoms with van der Waals surface area (Å²) < 4.78 is 1.17. The summed E-state index contributed by atoms with van der Waals surface area (Å²) in [5, 5.41) is 4.87. The maximum absolute atomic E-state index is 11.8. The lowest BCUT2D eigenvalue weighted by Gasteiger charge is -2.05. The predicted octanol–water partition coefficient (Wildman–Crippen LogP) is 4.72. The van der Waals surface area contributed by atoms with Crippen LogP contribution in [0.5, 0.6) is 0 Å². The molecule has 0 saturated carbocycles. The largest absolute Gasteiger partial charge is 0.272 e. The Morgan fingerprint density at radius 3 is 2.61 bits per heavy atom. The number of nitrogens with one attached hydrogen (secondary N) is 1. The van der Waals surface area contributed by atoms with Crippen LogP contribution in [-0.4, -0.2) is 17.4 Å². The molecule has 23 heavy (non-hydrogen) atoms. The van der Waals surface area contributed by atoms with E-state index in [4.69, 9.17) is 11.6 Å². The quantitative estimate of drug-likeness (QED) is 0.387. The molecule has 0 aromatic heterocycles. The molecule has 6 heteroatoms. The number of carbonyl (C=O) groups is 1. The molecule has 2 rings (SSSR count). The highest BCUT2D eigenvalue weighted by Gasteiger charge is 2.04. The zero-order valence-electron chi connectivity index (χ0n) is 12.6. The number of halogens is 2. The highest BCUT2D eigenvalue weighted by atomic mass is 127. The standard InChI is InChI=1S/C17H16ClIN2OS/c1-12(13-6-8-15(19)9-7-13)20-21-17(22)11-23-10-14-4-2-3-5-16(14)18/h2-9H,10-11H2,1H3,(H,21,22). The van der Waals surface area contributed by atoms with E-state index in [1.54, 1.807) is 0 Å². The first-order valence-electron chi connectivity index (χ1n) is 6.96. The van der Waals surface area contributed by atoms with E-state index in [2.05, 4.69) is 33.1 Å². The van der Waals surface area contributed by atoms with E-state index in [-0.39, 0.29) is 5.91 Å². The van der Waals surface area contributed by atoms with E-state index in [1.165, 1.54) is 15.3 Å². The topological polar surface area (TPSA) is 41.5 Å². The molecule has 0 aliphatic rings. The fourth-order valence-corrected chi connectivity index (χ4v) is 3.27. The Labute approximate surface area is 159 Å². The average Bonchev–Trinajstić information content (AvgIpc) is 2.55. The Morgan fingerprint density at radius 1 is 1.22 bits per heavy atom. The van der Waals surface area contributed by atoms with Crippen LogP contribution in [0.2, 0.25) is 5.02 Å². The van der Waals surface area contributed by atoms with E-state index < -0.39 is 0 Å². The van der Waals surface area contributed by atoms with Crippen LogP contribution < -0.4 is 5.43 Å². The van der Waals surface area contributed by atoms with E-state index in [1.807, 2.05) is 55.5 Å². The summed E-state index contributed by atoms with van der Waals surface area (Å²) in [6, 6.07) is 15.6. The molecule has 2 aromatic carbocycles. The molecule has 0 spiro atoms. The summed E-state index contributed by atoms with van der Waals surface area (Å²) in [5.41, 5.74) is 5.40. The van der Waals surface area contributed by atoms with Crippen LogP contribution in [0.25, 0.3) is 0 Å². The number of hydrogen-bond donors (Lipinski definition) is 1. The minimum atomic E-state index is -0.119. The number of amides is 1. The number of benzene rings is 2. The molecule has 1 N–H and O–H groups in total. The molecule has 0 heterocycles. The lowest BCUT2D eigenvalue weighted by atomic mass is 10.1. The first-order chi connectivity index (χ1) is 11.1. The fourth-order valence-electron chi connectivity index (χ4n) is 1.80. The molecule has 0 fully saturated rings. The van der Waals surface area contributed by atoms with Crippen molar-refractivity contribution in [2.75, 3.05) is 5.75 Å². The van der Waals surface area contributed by atoms with Gasteiger partial charge in [0.05, 0.1) is 11.5 Å². The second kappa shape index (κ2) is 9.30. The molecule has 0 bridgehead atoms. The van der Waals surface area contributed by atoms with Crippen molar-refractivity contribution in [3.05, 3.63) is 68.3 Å². The number of thioether (sulfide) groups is 1. The molecular formula is C17H16ClIN2OS. The van der Waals surface area contributed by atoms with E-state index in [0.717, 1.165) is 21.9 Å². The van der Waals surface area contributed by atoms with Crippen molar-refractivity contribution in [1.82, 2.24) is 5.43 Å². The molecule has 0 aliphatic heterocycles. The van der Waals surface area contributed by atoms with Crippen molar-refractivity contribution in [3.63, 3.8) is 0 Å². The molecule has 3 nitrogen and oxygen atoms in total. The van der Waals surface area contributed by atoms with Crippen LogP contribution in [0.1, 0.15) is 18.1 Å². The zero-order valence-corrected chi connectivity index (χ0v) is 16.3. The lowest BCUT2D eigenvalue weighted by Crippen LogP contribution is -2.21. The number of carbonyl (C=O) groups excluding carboxylic acids is 1. The normalized spacial score (nSPS) is 11.3. The maximum Gasteiger partial charge on any atom is 0.250 e. The Bertz CT molecular complexity index is 704. The molecule has 0 atom stereocenters. The Hall–Kier alpha value is -1.05. The van der Waals surface area contributed by atoms with Gasteiger partial charge in [0.2, 0.25) is 5.91 Å². The summed E-state index contributed by atoms with van der Waals surface area (Å²) in [6.07, 6.45) is 0. The van der Waals surface area contributed by atoms with Gasteiger partial charge in [-0.1, -0.05) is 41.9 Å². The van der Waals surface area contributed by atoms with Gasteiger partial charge in [-0.3, -0.25) is 4.79 Å². The van der Waals surface area contributed by atoms with Gasteiger partial charge in [0.15, 0.2) is 0 Å². The molecule has 120 valence electrons. The third kappa shape index (κ3) is 6.16. The van der Waals surface area contributed by atoms with Gasteiger partial charge in [0.25, 0.3) is 0 Å². The van der Waals surface area contributed by atoms with Gasteiger partial charge >= 0.3 is 0 Å². The molecule has 0 radical (unpaired) electrons. The van der Waals surface area contributed by atoms with Crippen LogP contribution in [0.3, 0.4) is 0 Å². The van der Waals surface area contributed by atoms with Crippen molar-refractivity contribution >= 4 is 57.6 Å². The third-order valence-corrected chi connectivity index (χ3v) is 5.13. The zero-order chi connectivity index (χ0) is 16.7. The van der Waals surface area contributed by atoms with Crippen molar-refractivity contribution < 1.29 is 4.79 Å². The Kier molecular flexibility index (Phi) is 7.39. The molecule has 0 unspecified atom stereocenters. The monoisotopic (exact) mass is 458 g/mol.